The largest absolute Gasteiger partial charge is 0.493 e. The molecular weight excluding hydrogens is 422 g/mol. The Kier molecular flexibility index (Phi) is 7.14. The third kappa shape index (κ3) is 5.84. The molecule has 2 N–H and O–H groups in total. The summed E-state index contributed by atoms with van der Waals surface area (Å²) >= 11 is 0. The minimum Gasteiger partial charge on any atom is -0.493 e. The molecule has 0 unspecified atom stereocenters. The summed E-state index contributed by atoms with van der Waals surface area (Å²) in [4.78, 5) is 27.8. The van der Waals surface area contributed by atoms with Crippen LogP contribution in [0, 0.1) is 0 Å². The van der Waals surface area contributed by atoms with Gasteiger partial charge >= 0.3 is 0 Å². The van der Waals surface area contributed by atoms with E-state index in [4.69, 9.17) is 19.9 Å². The second kappa shape index (κ2) is 10.4. The number of piperazine rings is 1. The zero-order valence-corrected chi connectivity index (χ0v) is 18.8. The second-order valence-corrected chi connectivity index (χ2v) is 8.14. The molecule has 0 spiro atoms. The molecule has 2 aliphatic rings. The molecule has 33 heavy (non-hydrogen) atoms. The van der Waals surface area contributed by atoms with Crippen molar-refractivity contribution >= 4 is 17.9 Å². The van der Waals surface area contributed by atoms with E-state index in [2.05, 4.69) is 23.1 Å². The Morgan fingerprint density at radius 2 is 1.91 bits per heavy atom. The first-order valence-electron chi connectivity index (χ1n) is 11.0. The van der Waals surface area contributed by atoms with Gasteiger partial charge in [0.05, 0.1) is 13.7 Å². The number of benzene rings is 2. The van der Waals surface area contributed by atoms with Crippen molar-refractivity contribution in [2.24, 2.45) is 5.73 Å². The first kappa shape index (κ1) is 22.7. The smallest absolute Gasteiger partial charge is 0.255 e. The lowest BCUT2D eigenvalue weighted by molar-refractivity contribution is -0.127. The molecule has 1 saturated heterocycles. The maximum atomic E-state index is 12.7. The molecule has 2 aromatic carbocycles. The van der Waals surface area contributed by atoms with E-state index in [-0.39, 0.29) is 12.5 Å². The van der Waals surface area contributed by atoms with Gasteiger partial charge in [-0.2, -0.15) is 0 Å². The number of amides is 2. The summed E-state index contributed by atoms with van der Waals surface area (Å²) in [5, 5.41) is 0. The Morgan fingerprint density at radius 3 is 2.67 bits per heavy atom. The Morgan fingerprint density at radius 1 is 1.09 bits per heavy atom. The number of rotatable bonds is 8. The molecule has 0 aliphatic carbocycles. The predicted molar refractivity (Wildman–Crippen MR) is 124 cm³/mol. The van der Waals surface area contributed by atoms with Gasteiger partial charge in [0.15, 0.2) is 18.1 Å². The average Bonchev–Trinajstić information content (AvgIpc) is 3.29. The van der Waals surface area contributed by atoms with Crippen LogP contribution in [0.3, 0.4) is 0 Å². The molecule has 2 amide bonds. The van der Waals surface area contributed by atoms with Gasteiger partial charge in [0.25, 0.3) is 5.91 Å². The molecule has 8 nitrogen and oxygen atoms in total. The van der Waals surface area contributed by atoms with Crippen LogP contribution < -0.4 is 19.9 Å². The van der Waals surface area contributed by atoms with Crippen molar-refractivity contribution in [3.05, 3.63) is 59.2 Å². The Balaban J connectivity index is 1.28. The maximum absolute atomic E-state index is 12.7. The molecular formula is C25H29N3O5. The number of hydrogen-bond donors (Lipinski definition) is 1. The van der Waals surface area contributed by atoms with E-state index in [1.54, 1.807) is 30.4 Å². The molecule has 2 aromatic rings. The van der Waals surface area contributed by atoms with Gasteiger partial charge in [-0.15, -0.1) is 0 Å². The van der Waals surface area contributed by atoms with E-state index in [9.17, 15) is 9.59 Å². The van der Waals surface area contributed by atoms with Gasteiger partial charge < -0.3 is 24.8 Å². The number of fused-ring (bicyclic) bond motifs is 1. The van der Waals surface area contributed by atoms with Gasteiger partial charge in [0, 0.05) is 45.2 Å². The highest BCUT2D eigenvalue weighted by Gasteiger charge is 2.20. The highest BCUT2D eigenvalue weighted by molar-refractivity contribution is 5.92. The molecule has 2 heterocycles. The number of carbonyl (C=O) groups excluding carboxylic acids is 2. The standard InChI is InChI=1S/C25H29N3O5/c1-31-23-15-18(2-6-22(23)33-17-24(26)29)4-7-25(30)28-11-9-27(10-12-28)16-19-3-5-21-20(14-19)8-13-32-21/h2-7,14-15H,8-13,16-17H2,1H3,(H2,26,29)/b7-4+. The highest BCUT2D eigenvalue weighted by Crippen LogP contribution is 2.29. The van der Waals surface area contributed by atoms with Crippen molar-refractivity contribution < 1.29 is 23.8 Å². The summed E-state index contributed by atoms with van der Waals surface area (Å²) in [6, 6.07) is 11.7. The van der Waals surface area contributed by atoms with Crippen LogP contribution in [0.25, 0.3) is 6.08 Å². The van der Waals surface area contributed by atoms with Gasteiger partial charge in [-0.1, -0.05) is 18.2 Å². The summed E-state index contributed by atoms with van der Waals surface area (Å²) in [6.45, 7) is 4.50. The van der Waals surface area contributed by atoms with E-state index < -0.39 is 5.91 Å². The lowest BCUT2D eigenvalue weighted by Gasteiger charge is -2.34. The molecule has 0 saturated carbocycles. The van der Waals surface area contributed by atoms with E-state index in [0.29, 0.717) is 24.6 Å². The molecule has 1 fully saturated rings. The van der Waals surface area contributed by atoms with Crippen LogP contribution in [-0.4, -0.2) is 68.1 Å². The SMILES string of the molecule is COc1cc(/C=C/C(=O)N2CCN(Cc3ccc4c(c3)CCO4)CC2)ccc1OCC(N)=O. The summed E-state index contributed by atoms with van der Waals surface area (Å²) in [5.74, 6) is 1.32. The lowest BCUT2D eigenvalue weighted by Crippen LogP contribution is -2.47. The number of carbonyl (C=O) groups is 2. The van der Waals surface area contributed by atoms with Crippen molar-refractivity contribution in [2.75, 3.05) is 46.5 Å². The molecule has 0 atom stereocenters. The van der Waals surface area contributed by atoms with Gasteiger partial charge in [-0.3, -0.25) is 14.5 Å². The average molecular weight is 452 g/mol. The number of methoxy groups -OCH3 is 1. The molecule has 2 aliphatic heterocycles. The fraction of sp³-hybridized carbons (Fsp3) is 0.360. The van der Waals surface area contributed by atoms with Gasteiger partial charge in [-0.25, -0.2) is 0 Å². The zero-order chi connectivity index (χ0) is 23.2. The molecule has 0 aromatic heterocycles. The van der Waals surface area contributed by atoms with Crippen LogP contribution in [0.2, 0.25) is 0 Å². The minimum atomic E-state index is -0.561. The first-order valence-corrected chi connectivity index (χ1v) is 11.0. The number of nitrogens with zero attached hydrogens (tertiary/aromatic N) is 2. The zero-order valence-electron chi connectivity index (χ0n) is 18.8. The van der Waals surface area contributed by atoms with Gasteiger partial charge in [-0.05, 0) is 41.0 Å². The van der Waals surface area contributed by atoms with Crippen LogP contribution in [0.15, 0.2) is 42.5 Å². The molecule has 8 heteroatoms. The maximum Gasteiger partial charge on any atom is 0.255 e. The summed E-state index contributed by atoms with van der Waals surface area (Å²) in [7, 11) is 1.52. The van der Waals surface area contributed by atoms with Crippen LogP contribution >= 0.6 is 0 Å². The normalized spacial score (nSPS) is 15.8. The summed E-state index contributed by atoms with van der Waals surface area (Å²) in [6.07, 6.45) is 4.31. The van der Waals surface area contributed by atoms with Crippen LogP contribution in [0.5, 0.6) is 17.2 Å². The van der Waals surface area contributed by atoms with E-state index in [0.717, 1.165) is 44.0 Å². The second-order valence-electron chi connectivity index (χ2n) is 8.14. The third-order valence-corrected chi connectivity index (χ3v) is 5.82. The van der Waals surface area contributed by atoms with Crippen molar-refractivity contribution in [2.45, 2.75) is 13.0 Å². The predicted octanol–water partition coefficient (Wildman–Crippen LogP) is 1.85. The Labute approximate surface area is 193 Å². The van der Waals surface area contributed by atoms with Gasteiger partial charge in [0.2, 0.25) is 5.91 Å². The van der Waals surface area contributed by atoms with Crippen LogP contribution in [0.1, 0.15) is 16.7 Å². The Bertz CT molecular complexity index is 1040. The topological polar surface area (TPSA) is 94.3 Å². The van der Waals surface area contributed by atoms with Crippen LogP contribution in [-0.2, 0) is 22.6 Å². The summed E-state index contributed by atoms with van der Waals surface area (Å²) < 4.78 is 16.2. The van der Waals surface area contributed by atoms with Gasteiger partial charge in [0.1, 0.15) is 5.75 Å². The monoisotopic (exact) mass is 451 g/mol. The van der Waals surface area contributed by atoms with E-state index in [1.165, 1.54) is 18.2 Å². The van der Waals surface area contributed by atoms with Crippen molar-refractivity contribution in [1.29, 1.82) is 0 Å². The van der Waals surface area contributed by atoms with Crippen molar-refractivity contribution in [3.63, 3.8) is 0 Å². The minimum absolute atomic E-state index is 0.0163. The van der Waals surface area contributed by atoms with Crippen molar-refractivity contribution in [3.8, 4) is 17.2 Å². The fourth-order valence-corrected chi connectivity index (χ4v) is 4.05. The first-order chi connectivity index (χ1) is 16.0. The quantitative estimate of drug-likeness (QED) is 0.616. The highest BCUT2D eigenvalue weighted by atomic mass is 16.5. The summed E-state index contributed by atoms with van der Waals surface area (Å²) in [5.41, 5.74) is 8.49. The third-order valence-electron chi connectivity index (χ3n) is 5.82. The number of nitrogens with two attached hydrogens (primary N) is 1. The Hall–Kier alpha value is -3.52. The molecule has 4 rings (SSSR count). The van der Waals surface area contributed by atoms with Crippen molar-refractivity contribution in [1.82, 2.24) is 9.80 Å². The van der Waals surface area contributed by atoms with E-state index in [1.807, 2.05) is 4.90 Å². The van der Waals surface area contributed by atoms with E-state index >= 15 is 0 Å². The van der Waals surface area contributed by atoms with Crippen LogP contribution in [0.4, 0.5) is 0 Å². The number of ether oxygens (including phenoxy) is 3. The lowest BCUT2D eigenvalue weighted by atomic mass is 10.1. The molecule has 0 bridgehead atoms. The molecule has 0 radical (unpaired) electrons. The number of primary amides is 1. The number of hydrogen-bond acceptors (Lipinski definition) is 6. The molecule has 174 valence electrons. The fourth-order valence-electron chi connectivity index (χ4n) is 4.05.